The molecule has 0 N–H and O–H groups in total. The SMILES string of the molecule is CCC(CC)N(C)C(C)C(C)C. The molecule has 1 atom stereocenters. The summed E-state index contributed by atoms with van der Waals surface area (Å²) in [4.78, 5) is 2.52. The lowest BCUT2D eigenvalue weighted by molar-refractivity contribution is 0.140. The first-order valence-electron chi connectivity index (χ1n) is 5.26. The molecule has 0 radical (unpaired) electrons. The Bertz CT molecular complexity index is 104. The third-order valence-electron chi connectivity index (χ3n) is 3.13. The molecule has 12 heavy (non-hydrogen) atoms. The first kappa shape index (κ1) is 12.0. The van der Waals surface area contributed by atoms with Gasteiger partial charge in [-0.25, -0.2) is 0 Å². The summed E-state index contributed by atoms with van der Waals surface area (Å²) in [6, 6.07) is 1.47. The third-order valence-corrected chi connectivity index (χ3v) is 3.13. The van der Waals surface area contributed by atoms with Crippen molar-refractivity contribution in [3.63, 3.8) is 0 Å². The molecule has 1 unspecified atom stereocenters. The maximum Gasteiger partial charge on any atom is 0.00898 e. The molecule has 0 heterocycles. The fourth-order valence-corrected chi connectivity index (χ4v) is 1.67. The summed E-state index contributed by atoms with van der Waals surface area (Å²) in [6.45, 7) is 11.5. The van der Waals surface area contributed by atoms with Crippen molar-refractivity contribution in [3.8, 4) is 0 Å². The van der Waals surface area contributed by atoms with E-state index < -0.39 is 0 Å². The van der Waals surface area contributed by atoms with Crippen LogP contribution in [0, 0.1) is 5.92 Å². The lowest BCUT2D eigenvalue weighted by Gasteiger charge is -2.34. The van der Waals surface area contributed by atoms with Crippen LogP contribution in [0.4, 0.5) is 0 Å². The molecule has 0 aliphatic heterocycles. The van der Waals surface area contributed by atoms with Crippen molar-refractivity contribution in [1.82, 2.24) is 4.90 Å². The van der Waals surface area contributed by atoms with Crippen LogP contribution in [0.5, 0.6) is 0 Å². The first-order valence-corrected chi connectivity index (χ1v) is 5.26. The zero-order valence-electron chi connectivity index (χ0n) is 9.59. The molecular weight excluding hydrogens is 146 g/mol. The summed E-state index contributed by atoms with van der Waals surface area (Å²) < 4.78 is 0. The fraction of sp³-hybridized carbons (Fsp3) is 1.00. The highest BCUT2D eigenvalue weighted by molar-refractivity contribution is 4.73. The highest BCUT2D eigenvalue weighted by Gasteiger charge is 2.18. The Morgan fingerprint density at radius 2 is 1.42 bits per heavy atom. The number of hydrogen-bond acceptors (Lipinski definition) is 1. The quantitative estimate of drug-likeness (QED) is 0.614. The minimum Gasteiger partial charge on any atom is -0.301 e. The van der Waals surface area contributed by atoms with Crippen LogP contribution >= 0.6 is 0 Å². The van der Waals surface area contributed by atoms with Gasteiger partial charge in [-0.3, -0.25) is 0 Å². The zero-order valence-corrected chi connectivity index (χ0v) is 9.59. The van der Waals surface area contributed by atoms with Gasteiger partial charge in [0, 0.05) is 12.1 Å². The molecule has 0 spiro atoms. The maximum absolute atomic E-state index is 2.52. The smallest absolute Gasteiger partial charge is 0.00898 e. The van der Waals surface area contributed by atoms with E-state index in [1.54, 1.807) is 0 Å². The Morgan fingerprint density at radius 1 is 1.00 bits per heavy atom. The van der Waals surface area contributed by atoms with E-state index in [4.69, 9.17) is 0 Å². The van der Waals surface area contributed by atoms with E-state index in [9.17, 15) is 0 Å². The molecule has 0 saturated carbocycles. The topological polar surface area (TPSA) is 3.24 Å². The minimum atomic E-state index is 0.704. The lowest BCUT2D eigenvalue weighted by atomic mass is 10.0. The average molecular weight is 171 g/mol. The van der Waals surface area contributed by atoms with Crippen molar-refractivity contribution < 1.29 is 0 Å². The molecule has 0 aromatic rings. The van der Waals surface area contributed by atoms with Gasteiger partial charge in [-0.05, 0) is 32.7 Å². The van der Waals surface area contributed by atoms with Crippen LogP contribution in [0.2, 0.25) is 0 Å². The molecule has 0 amide bonds. The second-order valence-electron chi connectivity index (χ2n) is 4.12. The van der Waals surface area contributed by atoms with Crippen molar-refractivity contribution in [2.45, 2.75) is 59.5 Å². The van der Waals surface area contributed by atoms with Gasteiger partial charge < -0.3 is 4.90 Å². The highest BCUT2D eigenvalue weighted by Crippen LogP contribution is 2.15. The van der Waals surface area contributed by atoms with Crippen LogP contribution in [0.15, 0.2) is 0 Å². The predicted molar refractivity (Wildman–Crippen MR) is 56.4 cm³/mol. The Morgan fingerprint density at radius 3 is 1.67 bits per heavy atom. The summed E-state index contributed by atoms with van der Waals surface area (Å²) >= 11 is 0. The molecule has 1 nitrogen and oxygen atoms in total. The summed E-state index contributed by atoms with van der Waals surface area (Å²) in [6.07, 6.45) is 2.54. The molecule has 0 aromatic heterocycles. The molecule has 0 bridgehead atoms. The number of hydrogen-bond donors (Lipinski definition) is 0. The minimum absolute atomic E-state index is 0.704. The van der Waals surface area contributed by atoms with Crippen LogP contribution in [0.25, 0.3) is 0 Å². The van der Waals surface area contributed by atoms with Gasteiger partial charge in [0.25, 0.3) is 0 Å². The van der Waals surface area contributed by atoms with Crippen LogP contribution in [0.1, 0.15) is 47.5 Å². The monoisotopic (exact) mass is 171 g/mol. The summed E-state index contributed by atoms with van der Waals surface area (Å²) in [5, 5.41) is 0. The van der Waals surface area contributed by atoms with E-state index >= 15 is 0 Å². The number of rotatable bonds is 5. The Labute approximate surface area is 78.1 Å². The van der Waals surface area contributed by atoms with Crippen LogP contribution < -0.4 is 0 Å². The molecule has 0 aromatic carbocycles. The van der Waals surface area contributed by atoms with Gasteiger partial charge in [0.2, 0.25) is 0 Å². The first-order chi connectivity index (χ1) is 5.54. The van der Waals surface area contributed by atoms with E-state index in [-0.39, 0.29) is 0 Å². The van der Waals surface area contributed by atoms with Gasteiger partial charge >= 0.3 is 0 Å². The van der Waals surface area contributed by atoms with E-state index in [2.05, 4.69) is 46.6 Å². The van der Waals surface area contributed by atoms with Crippen LogP contribution in [-0.4, -0.2) is 24.0 Å². The normalized spacial score (nSPS) is 14.8. The van der Waals surface area contributed by atoms with E-state index in [0.29, 0.717) is 6.04 Å². The highest BCUT2D eigenvalue weighted by atomic mass is 15.2. The van der Waals surface area contributed by atoms with Crippen molar-refractivity contribution in [2.24, 2.45) is 5.92 Å². The van der Waals surface area contributed by atoms with E-state index in [1.165, 1.54) is 12.8 Å². The molecule has 1 heteroatoms. The average Bonchev–Trinajstić information content (AvgIpc) is 2.05. The lowest BCUT2D eigenvalue weighted by Crippen LogP contribution is -2.40. The maximum atomic E-state index is 2.52. The third kappa shape index (κ3) is 3.14. The van der Waals surface area contributed by atoms with Crippen molar-refractivity contribution >= 4 is 0 Å². The van der Waals surface area contributed by atoms with Crippen molar-refractivity contribution in [1.29, 1.82) is 0 Å². The Kier molecular flexibility index (Phi) is 5.56. The van der Waals surface area contributed by atoms with E-state index in [1.807, 2.05) is 0 Å². The Hall–Kier alpha value is -0.0400. The summed E-state index contributed by atoms with van der Waals surface area (Å²) in [7, 11) is 2.25. The Balaban J connectivity index is 4.05. The molecule has 0 saturated heterocycles. The van der Waals surface area contributed by atoms with E-state index in [0.717, 1.165) is 12.0 Å². The molecule has 0 fully saturated rings. The zero-order chi connectivity index (χ0) is 9.72. The van der Waals surface area contributed by atoms with Gasteiger partial charge in [-0.15, -0.1) is 0 Å². The van der Waals surface area contributed by atoms with Crippen LogP contribution in [0.3, 0.4) is 0 Å². The van der Waals surface area contributed by atoms with Crippen molar-refractivity contribution in [2.75, 3.05) is 7.05 Å². The molecule has 0 aliphatic carbocycles. The second-order valence-corrected chi connectivity index (χ2v) is 4.12. The van der Waals surface area contributed by atoms with Gasteiger partial charge in [0.1, 0.15) is 0 Å². The predicted octanol–water partition coefficient (Wildman–Crippen LogP) is 3.15. The molecular formula is C11H25N. The van der Waals surface area contributed by atoms with Crippen molar-refractivity contribution in [3.05, 3.63) is 0 Å². The van der Waals surface area contributed by atoms with Crippen LogP contribution in [-0.2, 0) is 0 Å². The second kappa shape index (κ2) is 5.58. The molecule has 74 valence electrons. The van der Waals surface area contributed by atoms with Gasteiger partial charge in [-0.2, -0.15) is 0 Å². The summed E-state index contributed by atoms with van der Waals surface area (Å²) in [5.74, 6) is 0.760. The van der Waals surface area contributed by atoms with Gasteiger partial charge in [0.05, 0.1) is 0 Å². The largest absolute Gasteiger partial charge is 0.301 e. The standard InChI is InChI=1S/C11H25N/c1-7-11(8-2)12(6)10(5)9(3)4/h9-11H,7-8H2,1-6H3. The van der Waals surface area contributed by atoms with Gasteiger partial charge in [-0.1, -0.05) is 27.7 Å². The fourth-order valence-electron chi connectivity index (χ4n) is 1.67. The molecule has 0 aliphatic rings. The molecule has 0 rings (SSSR count). The summed E-state index contributed by atoms with van der Waals surface area (Å²) in [5.41, 5.74) is 0. The van der Waals surface area contributed by atoms with Gasteiger partial charge in [0.15, 0.2) is 0 Å². The number of nitrogens with zero attached hydrogens (tertiary/aromatic N) is 1.